The largest absolute Gasteiger partial charge is 0.494 e. The second-order valence-electron chi connectivity index (χ2n) is 8.31. The van der Waals surface area contributed by atoms with Crippen molar-refractivity contribution in [3.05, 3.63) is 61.0 Å². The van der Waals surface area contributed by atoms with Crippen molar-refractivity contribution in [3.63, 3.8) is 0 Å². The lowest BCUT2D eigenvalue weighted by Gasteiger charge is -2.19. The first kappa shape index (κ1) is 23.5. The monoisotopic (exact) mass is 459 g/mol. The summed E-state index contributed by atoms with van der Waals surface area (Å²) in [5.74, 6) is 1.72. The molecular formula is C21H25N5O5S. The molecule has 3 aromatic rings. The summed E-state index contributed by atoms with van der Waals surface area (Å²) in [4.78, 5) is 44.6. The summed E-state index contributed by atoms with van der Waals surface area (Å²) in [5, 5.41) is 11.6. The molecule has 0 N–H and O–H groups in total. The fourth-order valence-corrected chi connectivity index (χ4v) is 3.88. The molecule has 0 saturated carbocycles. The maximum absolute atomic E-state index is 12.8. The molecule has 0 amide bonds. The van der Waals surface area contributed by atoms with E-state index >= 15 is 0 Å². The molecule has 0 fully saturated rings. The van der Waals surface area contributed by atoms with Crippen LogP contribution in [0.1, 0.15) is 33.0 Å². The first-order chi connectivity index (χ1) is 15.0. The van der Waals surface area contributed by atoms with Crippen molar-refractivity contribution < 1.29 is 9.66 Å². The van der Waals surface area contributed by atoms with Crippen molar-refractivity contribution in [2.45, 2.75) is 37.6 Å². The van der Waals surface area contributed by atoms with Crippen LogP contribution in [0.15, 0.2) is 38.9 Å². The number of hydrogen-bond acceptors (Lipinski definition) is 8. The van der Waals surface area contributed by atoms with Crippen LogP contribution in [0.3, 0.4) is 0 Å². The second kappa shape index (κ2) is 9.11. The van der Waals surface area contributed by atoms with Crippen molar-refractivity contribution in [2.24, 2.45) is 14.1 Å². The zero-order chi connectivity index (χ0) is 23.6. The standard InChI is InChI=1S/C21H25N5O5S/c1-21(2,3)19-22-16-15(18(27)25(5)20(28)24(16)4)17(23-19)32-12-6-11-31-14-9-7-13(8-10-14)26(29)30/h7-10H,6,11-12H2,1-5H3. The van der Waals surface area contributed by atoms with Crippen LogP contribution in [0.25, 0.3) is 11.0 Å². The first-order valence-corrected chi connectivity index (χ1v) is 11.0. The van der Waals surface area contributed by atoms with E-state index in [4.69, 9.17) is 4.74 Å². The van der Waals surface area contributed by atoms with E-state index in [2.05, 4.69) is 9.97 Å². The summed E-state index contributed by atoms with van der Waals surface area (Å²) in [6.07, 6.45) is 0.657. The minimum absolute atomic E-state index is 0.00850. The number of fused-ring (bicyclic) bond motifs is 1. The number of non-ortho nitro benzene ring substituents is 1. The van der Waals surface area contributed by atoms with Gasteiger partial charge in [0.2, 0.25) is 0 Å². The van der Waals surface area contributed by atoms with E-state index in [1.54, 1.807) is 19.2 Å². The molecule has 3 rings (SSSR count). The maximum Gasteiger partial charge on any atom is 0.332 e. The third-order valence-corrected chi connectivity index (χ3v) is 5.84. The summed E-state index contributed by atoms with van der Waals surface area (Å²) < 4.78 is 8.07. The Labute approximate surface area is 188 Å². The Morgan fingerprint density at radius 3 is 2.34 bits per heavy atom. The van der Waals surface area contributed by atoms with Gasteiger partial charge in [0.15, 0.2) is 5.65 Å². The molecule has 0 spiro atoms. The fourth-order valence-electron chi connectivity index (χ4n) is 2.95. The molecule has 0 radical (unpaired) electrons. The van der Waals surface area contributed by atoms with Crippen LogP contribution in [0.5, 0.6) is 5.75 Å². The van der Waals surface area contributed by atoms with Crippen molar-refractivity contribution in [3.8, 4) is 5.75 Å². The predicted molar refractivity (Wildman–Crippen MR) is 123 cm³/mol. The summed E-state index contributed by atoms with van der Waals surface area (Å²) in [6, 6.07) is 5.91. The van der Waals surface area contributed by atoms with Gasteiger partial charge >= 0.3 is 5.69 Å². The van der Waals surface area contributed by atoms with Gasteiger partial charge in [0.1, 0.15) is 22.0 Å². The number of nitro groups is 1. The Morgan fingerprint density at radius 1 is 1.09 bits per heavy atom. The summed E-state index contributed by atoms with van der Waals surface area (Å²) in [5.41, 5.74) is -0.891. The molecule has 0 aliphatic rings. The molecule has 170 valence electrons. The molecule has 0 unspecified atom stereocenters. The molecular weight excluding hydrogens is 434 g/mol. The van der Waals surface area contributed by atoms with E-state index in [1.807, 2.05) is 20.8 Å². The molecule has 10 nitrogen and oxygen atoms in total. The lowest BCUT2D eigenvalue weighted by molar-refractivity contribution is -0.384. The van der Waals surface area contributed by atoms with E-state index in [-0.39, 0.29) is 11.1 Å². The van der Waals surface area contributed by atoms with Gasteiger partial charge in [0.05, 0.1) is 11.5 Å². The SMILES string of the molecule is Cn1c(=O)c2c(SCCCOc3ccc([N+](=O)[O-])cc3)nc(C(C)(C)C)nc2n(C)c1=O. The van der Waals surface area contributed by atoms with Gasteiger partial charge in [-0.05, 0) is 18.6 Å². The van der Waals surface area contributed by atoms with Crippen molar-refractivity contribution >= 4 is 28.5 Å². The smallest absolute Gasteiger partial charge is 0.332 e. The Bertz CT molecular complexity index is 1280. The van der Waals surface area contributed by atoms with Crippen molar-refractivity contribution in [1.29, 1.82) is 0 Å². The molecule has 1 aromatic carbocycles. The van der Waals surface area contributed by atoms with Crippen LogP contribution in [-0.2, 0) is 19.5 Å². The topological polar surface area (TPSA) is 122 Å². The van der Waals surface area contributed by atoms with Gasteiger partial charge in [-0.3, -0.25) is 24.0 Å². The van der Waals surface area contributed by atoms with Gasteiger partial charge in [-0.25, -0.2) is 14.8 Å². The van der Waals surface area contributed by atoms with E-state index < -0.39 is 16.2 Å². The quantitative estimate of drug-likeness (QED) is 0.174. The Hall–Kier alpha value is -3.21. The normalized spacial score (nSPS) is 11.7. The van der Waals surface area contributed by atoms with Crippen molar-refractivity contribution in [1.82, 2.24) is 19.1 Å². The number of aryl methyl sites for hydroxylation is 1. The molecule has 0 atom stereocenters. The number of nitro benzene ring substituents is 1. The van der Waals surface area contributed by atoms with Gasteiger partial charge in [0, 0.05) is 37.4 Å². The van der Waals surface area contributed by atoms with Gasteiger partial charge < -0.3 is 4.74 Å². The third-order valence-electron chi connectivity index (χ3n) is 4.78. The second-order valence-corrected chi connectivity index (χ2v) is 9.39. The van der Waals surface area contributed by atoms with Crippen LogP contribution in [-0.4, -0.2) is 36.4 Å². The average Bonchev–Trinajstić information content (AvgIpc) is 2.75. The van der Waals surface area contributed by atoms with E-state index in [0.29, 0.717) is 46.4 Å². The predicted octanol–water partition coefficient (Wildman–Crippen LogP) is 2.79. The Morgan fingerprint density at radius 2 is 1.75 bits per heavy atom. The summed E-state index contributed by atoms with van der Waals surface area (Å²) in [6.45, 7) is 6.32. The number of benzene rings is 1. The van der Waals surface area contributed by atoms with Crippen molar-refractivity contribution in [2.75, 3.05) is 12.4 Å². The van der Waals surface area contributed by atoms with Gasteiger partial charge in [-0.15, -0.1) is 11.8 Å². The van der Waals surface area contributed by atoms with Crippen LogP contribution in [0, 0.1) is 10.1 Å². The Balaban J connectivity index is 1.79. The fraction of sp³-hybridized carbons (Fsp3) is 0.429. The molecule has 2 heterocycles. The number of aromatic nitrogens is 4. The highest BCUT2D eigenvalue weighted by Crippen LogP contribution is 2.27. The number of hydrogen-bond donors (Lipinski definition) is 0. The molecule has 0 aliphatic carbocycles. The minimum atomic E-state index is -0.460. The molecule has 32 heavy (non-hydrogen) atoms. The Kier molecular flexibility index (Phi) is 6.68. The van der Waals surface area contributed by atoms with Gasteiger partial charge in [-0.2, -0.15) is 0 Å². The highest BCUT2D eigenvalue weighted by molar-refractivity contribution is 7.99. The zero-order valence-corrected chi connectivity index (χ0v) is 19.4. The summed E-state index contributed by atoms with van der Waals surface area (Å²) >= 11 is 1.41. The number of ether oxygens (including phenoxy) is 1. The maximum atomic E-state index is 12.8. The number of thioether (sulfide) groups is 1. The van der Waals surface area contributed by atoms with Crippen LogP contribution >= 0.6 is 11.8 Å². The molecule has 0 saturated heterocycles. The lowest BCUT2D eigenvalue weighted by atomic mass is 9.96. The van der Waals surface area contributed by atoms with Gasteiger partial charge in [-0.1, -0.05) is 20.8 Å². The van der Waals surface area contributed by atoms with E-state index in [0.717, 1.165) is 4.57 Å². The minimum Gasteiger partial charge on any atom is -0.494 e. The molecule has 11 heteroatoms. The molecule has 0 bridgehead atoms. The van der Waals surface area contributed by atoms with Gasteiger partial charge in [0.25, 0.3) is 11.2 Å². The lowest BCUT2D eigenvalue weighted by Crippen LogP contribution is -2.38. The van der Waals surface area contributed by atoms with E-state index in [1.165, 1.54) is 35.5 Å². The molecule has 2 aromatic heterocycles. The zero-order valence-electron chi connectivity index (χ0n) is 18.6. The first-order valence-electron chi connectivity index (χ1n) is 9.99. The van der Waals surface area contributed by atoms with Crippen LogP contribution < -0.4 is 16.0 Å². The molecule has 0 aliphatic heterocycles. The highest BCUT2D eigenvalue weighted by atomic mass is 32.2. The van der Waals surface area contributed by atoms with Crippen LogP contribution in [0.2, 0.25) is 0 Å². The van der Waals surface area contributed by atoms with Crippen LogP contribution in [0.4, 0.5) is 5.69 Å². The average molecular weight is 460 g/mol. The number of nitrogens with zero attached hydrogens (tertiary/aromatic N) is 5. The highest BCUT2D eigenvalue weighted by Gasteiger charge is 2.23. The van der Waals surface area contributed by atoms with E-state index in [9.17, 15) is 19.7 Å². The third kappa shape index (κ3) is 4.82. The summed E-state index contributed by atoms with van der Waals surface area (Å²) in [7, 11) is 3.03. The number of rotatable bonds is 7.